The summed E-state index contributed by atoms with van der Waals surface area (Å²) in [5, 5.41) is 0. The second kappa shape index (κ2) is 7.68. The highest BCUT2D eigenvalue weighted by Crippen LogP contribution is 2.47. The number of hydrogen-bond donors (Lipinski definition) is 0. The fourth-order valence-electron chi connectivity index (χ4n) is 2.94. The van der Waals surface area contributed by atoms with E-state index in [-0.39, 0.29) is 10.9 Å². The summed E-state index contributed by atoms with van der Waals surface area (Å²) in [4.78, 5) is 0. The average Bonchev–Trinajstić information content (AvgIpc) is 2.68. The first-order valence-electron chi connectivity index (χ1n) is 8.20. The van der Waals surface area contributed by atoms with E-state index in [2.05, 4.69) is 25.3 Å². The van der Waals surface area contributed by atoms with Gasteiger partial charge in [-0.2, -0.15) is 11.8 Å². The number of hydrogen-bond acceptors (Lipinski definition) is 5. The molecule has 25 heavy (non-hydrogen) atoms. The molecule has 4 nitrogen and oxygen atoms in total. The molecule has 1 aliphatic rings. The molecule has 2 aromatic rings. The highest BCUT2D eigenvalue weighted by Gasteiger charge is 2.42. The highest BCUT2D eigenvalue weighted by atomic mass is 32.2. The van der Waals surface area contributed by atoms with Gasteiger partial charge in [-0.25, -0.2) is 0 Å². The average molecular weight is 360 g/mol. The molecule has 1 aliphatic heterocycles. The lowest BCUT2D eigenvalue weighted by Gasteiger charge is -2.43. The highest BCUT2D eigenvalue weighted by molar-refractivity contribution is 8.00. The summed E-state index contributed by atoms with van der Waals surface area (Å²) in [6.07, 6.45) is 1.63. The fourth-order valence-corrected chi connectivity index (χ4v) is 3.53. The third-order valence-electron chi connectivity index (χ3n) is 4.61. The van der Waals surface area contributed by atoms with E-state index in [0.717, 1.165) is 22.6 Å². The first kappa shape index (κ1) is 18.1. The smallest absolute Gasteiger partial charge is 0.184 e. The van der Waals surface area contributed by atoms with Gasteiger partial charge in [0.05, 0.1) is 25.6 Å². The molecule has 1 heterocycles. The van der Waals surface area contributed by atoms with Gasteiger partial charge in [0.1, 0.15) is 17.6 Å². The van der Waals surface area contributed by atoms with Crippen LogP contribution in [0.25, 0.3) is 0 Å². The van der Waals surface area contributed by atoms with Gasteiger partial charge in [-0.15, -0.1) is 0 Å². The molecule has 134 valence electrons. The van der Waals surface area contributed by atoms with Gasteiger partial charge in [0, 0.05) is 5.56 Å². The molecule has 0 bridgehead atoms. The third kappa shape index (κ3) is 3.78. The minimum Gasteiger partial charge on any atom is -0.497 e. The Morgan fingerprint density at radius 1 is 0.920 bits per heavy atom. The molecule has 5 heteroatoms. The Morgan fingerprint density at radius 3 is 1.92 bits per heavy atom. The maximum Gasteiger partial charge on any atom is 0.184 e. The van der Waals surface area contributed by atoms with Crippen molar-refractivity contribution in [3.63, 3.8) is 0 Å². The van der Waals surface area contributed by atoms with Crippen molar-refractivity contribution in [3.05, 3.63) is 59.7 Å². The summed E-state index contributed by atoms with van der Waals surface area (Å²) in [5.41, 5.74) is 2.11. The first-order chi connectivity index (χ1) is 12.1. The monoisotopic (exact) mass is 360 g/mol. The van der Waals surface area contributed by atoms with Crippen LogP contribution in [0.4, 0.5) is 0 Å². The van der Waals surface area contributed by atoms with Crippen molar-refractivity contribution in [3.8, 4) is 11.5 Å². The Kier molecular flexibility index (Phi) is 5.57. The lowest BCUT2D eigenvalue weighted by molar-refractivity contribution is -0.232. The zero-order valence-corrected chi connectivity index (χ0v) is 15.8. The topological polar surface area (TPSA) is 36.9 Å². The summed E-state index contributed by atoms with van der Waals surface area (Å²) in [7, 11) is 3.33. The van der Waals surface area contributed by atoms with Crippen LogP contribution in [0, 0.1) is 0 Å². The number of benzene rings is 2. The van der Waals surface area contributed by atoms with Gasteiger partial charge in [-0.1, -0.05) is 24.3 Å². The van der Waals surface area contributed by atoms with Gasteiger partial charge in [-0.3, -0.25) is 0 Å². The van der Waals surface area contributed by atoms with Crippen molar-refractivity contribution in [2.24, 2.45) is 0 Å². The molecule has 0 radical (unpaired) electrons. The van der Waals surface area contributed by atoms with Crippen LogP contribution < -0.4 is 9.47 Å². The van der Waals surface area contributed by atoms with Crippen molar-refractivity contribution < 1.29 is 18.9 Å². The van der Waals surface area contributed by atoms with Crippen LogP contribution in [0.3, 0.4) is 0 Å². The van der Waals surface area contributed by atoms with Gasteiger partial charge in [0.25, 0.3) is 0 Å². The molecule has 0 N–H and O–H groups in total. The van der Waals surface area contributed by atoms with Gasteiger partial charge < -0.3 is 18.9 Å². The van der Waals surface area contributed by atoms with Gasteiger partial charge >= 0.3 is 0 Å². The van der Waals surface area contributed by atoms with Crippen molar-refractivity contribution in [2.75, 3.05) is 27.1 Å². The zero-order chi connectivity index (χ0) is 17.9. The van der Waals surface area contributed by atoms with E-state index in [9.17, 15) is 0 Å². The minimum atomic E-state index is -0.391. The molecule has 0 unspecified atom stereocenters. The van der Waals surface area contributed by atoms with E-state index >= 15 is 0 Å². The Morgan fingerprint density at radius 2 is 1.44 bits per heavy atom. The van der Waals surface area contributed by atoms with E-state index in [1.54, 1.807) is 26.0 Å². The number of rotatable bonds is 5. The second-order valence-corrected chi connectivity index (χ2v) is 7.56. The maximum atomic E-state index is 6.39. The summed E-state index contributed by atoms with van der Waals surface area (Å²) in [6.45, 7) is 2.79. The van der Waals surface area contributed by atoms with Gasteiger partial charge in [0.15, 0.2) is 6.29 Å². The second-order valence-electron chi connectivity index (χ2n) is 6.22. The van der Waals surface area contributed by atoms with E-state index in [0.29, 0.717) is 6.61 Å². The number of methoxy groups -OCH3 is 2. The van der Waals surface area contributed by atoms with Crippen LogP contribution in [-0.4, -0.2) is 31.8 Å². The molecule has 3 rings (SSSR count). The van der Waals surface area contributed by atoms with Crippen LogP contribution >= 0.6 is 11.8 Å². The zero-order valence-electron chi connectivity index (χ0n) is 15.0. The minimum absolute atomic E-state index is 0.0748. The quantitative estimate of drug-likeness (QED) is 0.778. The Balaban J connectivity index is 1.86. The van der Waals surface area contributed by atoms with E-state index in [1.165, 1.54) is 0 Å². The number of ether oxygens (including phenoxy) is 4. The molecule has 1 saturated heterocycles. The Bertz CT molecular complexity index is 686. The normalized spacial score (nSPS) is 26.2. The number of thioether (sulfide) groups is 1. The van der Waals surface area contributed by atoms with Crippen LogP contribution in [0.2, 0.25) is 0 Å². The van der Waals surface area contributed by atoms with Crippen LogP contribution in [0.15, 0.2) is 48.5 Å². The molecular formula is C20H24O4S. The summed E-state index contributed by atoms with van der Waals surface area (Å²) in [6, 6.07) is 15.9. The summed E-state index contributed by atoms with van der Waals surface area (Å²) >= 11 is 1.76. The SMILES string of the molecule is COc1ccc([C@H]2OC[C@@](C)(SC)[C@@H](c3ccc(OC)cc3)O2)cc1. The van der Waals surface area contributed by atoms with E-state index < -0.39 is 6.29 Å². The summed E-state index contributed by atoms with van der Waals surface area (Å²) < 4.78 is 22.8. The van der Waals surface area contributed by atoms with Gasteiger partial charge in [-0.05, 0) is 43.0 Å². The van der Waals surface area contributed by atoms with E-state index in [4.69, 9.17) is 18.9 Å². The lowest BCUT2D eigenvalue weighted by atomic mass is 9.95. The predicted octanol–water partition coefficient (Wildman–Crippen LogP) is 4.61. The largest absolute Gasteiger partial charge is 0.497 e. The van der Waals surface area contributed by atoms with Crippen LogP contribution in [0.5, 0.6) is 11.5 Å². The van der Waals surface area contributed by atoms with Gasteiger partial charge in [0.2, 0.25) is 0 Å². The molecular weight excluding hydrogens is 336 g/mol. The molecule has 3 atom stereocenters. The first-order valence-corrected chi connectivity index (χ1v) is 9.42. The molecule has 2 aromatic carbocycles. The van der Waals surface area contributed by atoms with Crippen molar-refractivity contribution >= 4 is 11.8 Å². The van der Waals surface area contributed by atoms with Crippen LogP contribution in [0.1, 0.15) is 30.4 Å². The Hall–Kier alpha value is -1.69. The molecule has 0 spiro atoms. The molecule has 1 fully saturated rings. The third-order valence-corrected chi connectivity index (χ3v) is 5.87. The Labute approximate surface area is 153 Å². The van der Waals surface area contributed by atoms with Crippen molar-refractivity contribution in [1.82, 2.24) is 0 Å². The van der Waals surface area contributed by atoms with E-state index in [1.807, 2.05) is 36.4 Å². The lowest BCUT2D eigenvalue weighted by Crippen LogP contribution is -2.42. The fraction of sp³-hybridized carbons (Fsp3) is 0.400. The maximum absolute atomic E-state index is 6.39. The molecule has 0 aromatic heterocycles. The molecule has 0 amide bonds. The standard InChI is InChI=1S/C20H24O4S/c1-20(25-4)13-23-19(15-7-11-17(22-3)12-8-15)24-18(20)14-5-9-16(21-2)10-6-14/h5-12,18-19H,13H2,1-4H3/t18-,19+,20-/m1/s1. The van der Waals surface area contributed by atoms with Crippen molar-refractivity contribution in [1.29, 1.82) is 0 Å². The van der Waals surface area contributed by atoms with Crippen LogP contribution in [-0.2, 0) is 9.47 Å². The summed E-state index contributed by atoms with van der Waals surface area (Å²) in [5.74, 6) is 1.66. The predicted molar refractivity (Wildman–Crippen MR) is 100 cm³/mol. The molecule has 0 aliphatic carbocycles. The molecule has 0 saturated carbocycles. The van der Waals surface area contributed by atoms with Crippen molar-refractivity contribution in [2.45, 2.75) is 24.1 Å².